The molecule has 1 aliphatic heterocycles. The summed E-state index contributed by atoms with van der Waals surface area (Å²) in [6.07, 6.45) is 1.71. The summed E-state index contributed by atoms with van der Waals surface area (Å²) in [6.45, 7) is 7.53. The van der Waals surface area contributed by atoms with Crippen LogP contribution in [0.1, 0.15) is 39.5 Å². The second-order valence-electron chi connectivity index (χ2n) is 7.96. The summed E-state index contributed by atoms with van der Waals surface area (Å²) in [5.74, 6) is -0.688. The van der Waals surface area contributed by atoms with E-state index in [0.717, 1.165) is 27.9 Å². The van der Waals surface area contributed by atoms with E-state index in [1.165, 1.54) is 10.6 Å². The van der Waals surface area contributed by atoms with Crippen molar-refractivity contribution in [1.29, 1.82) is 0 Å². The van der Waals surface area contributed by atoms with E-state index in [1.54, 1.807) is 18.2 Å². The summed E-state index contributed by atoms with van der Waals surface area (Å²) < 4.78 is 25.4. The fourth-order valence-electron chi connectivity index (χ4n) is 4.07. The van der Waals surface area contributed by atoms with Gasteiger partial charge in [-0.15, -0.1) is 0 Å². The molecule has 8 heteroatoms. The lowest BCUT2D eigenvalue weighted by Gasteiger charge is -2.21. The van der Waals surface area contributed by atoms with E-state index in [2.05, 4.69) is 10.6 Å². The molecule has 0 aliphatic carbocycles. The van der Waals surface area contributed by atoms with Crippen LogP contribution in [0.4, 0.5) is 11.4 Å². The molecule has 3 rings (SSSR count). The number of nitrogens with one attached hydrogen (secondary N) is 2. The first-order chi connectivity index (χ1) is 14.0. The Morgan fingerprint density at radius 3 is 2.33 bits per heavy atom. The van der Waals surface area contributed by atoms with Crippen molar-refractivity contribution in [2.75, 3.05) is 22.4 Å². The number of amides is 2. The number of rotatable bonds is 5. The molecule has 0 saturated carbocycles. The smallest absolute Gasteiger partial charge is 0.251 e. The Morgan fingerprint density at radius 1 is 1.10 bits per heavy atom. The molecule has 0 unspecified atom stereocenters. The van der Waals surface area contributed by atoms with E-state index < -0.39 is 10.0 Å². The van der Waals surface area contributed by atoms with E-state index in [-0.39, 0.29) is 24.4 Å². The fourth-order valence-corrected chi connectivity index (χ4v) is 5.34. The number of aryl methyl sites for hydroxylation is 3. The highest BCUT2D eigenvalue weighted by Gasteiger charge is 2.32. The quantitative estimate of drug-likeness (QED) is 0.764. The van der Waals surface area contributed by atoms with Crippen molar-refractivity contribution < 1.29 is 18.0 Å². The predicted molar refractivity (Wildman–Crippen MR) is 119 cm³/mol. The van der Waals surface area contributed by atoms with Crippen molar-refractivity contribution in [3.05, 3.63) is 58.1 Å². The van der Waals surface area contributed by atoms with E-state index in [4.69, 9.17) is 0 Å². The zero-order valence-corrected chi connectivity index (χ0v) is 18.7. The first-order valence-corrected chi connectivity index (χ1v) is 11.6. The second kappa shape index (κ2) is 8.10. The highest BCUT2D eigenvalue weighted by Crippen LogP contribution is 2.34. The Kier molecular flexibility index (Phi) is 5.90. The molecule has 1 aliphatic rings. The minimum Gasteiger partial charge on any atom is -0.343 e. The Morgan fingerprint density at radius 2 is 1.73 bits per heavy atom. The van der Waals surface area contributed by atoms with Crippen LogP contribution < -0.4 is 14.9 Å². The third kappa shape index (κ3) is 4.48. The first kappa shape index (κ1) is 21.8. The molecule has 2 aromatic carbocycles. The van der Waals surface area contributed by atoms with Crippen LogP contribution in [0.25, 0.3) is 0 Å². The largest absolute Gasteiger partial charge is 0.343 e. The van der Waals surface area contributed by atoms with Gasteiger partial charge in [0.2, 0.25) is 15.9 Å². The molecule has 30 heavy (non-hydrogen) atoms. The van der Waals surface area contributed by atoms with Gasteiger partial charge in [-0.3, -0.25) is 13.9 Å². The SMILES string of the molecule is Cc1cc(C)c(NC(=O)CNC(=O)c2ccc3c(c2)C[C@H](C)N3S(C)(=O)=O)c(C)c1. The average molecular weight is 430 g/mol. The highest BCUT2D eigenvalue weighted by molar-refractivity contribution is 7.92. The van der Waals surface area contributed by atoms with Gasteiger partial charge in [0.15, 0.2) is 0 Å². The molecule has 1 heterocycles. The van der Waals surface area contributed by atoms with Gasteiger partial charge in [0.05, 0.1) is 18.5 Å². The van der Waals surface area contributed by atoms with Crippen LogP contribution >= 0.6 is 0 Å². The summed E-state index contributed by atoms with van der Waals surface area (Å²) in [7, 11) is -3.38. The molecule has 0 radical (unpaired) electrons. The Labute approximate surface area is 177 Å². The van der Waals surface area contributed by atoms with Crippen LogP contribution in [-0.4, -0.2) is 39.1 Å². The normalized spacial score (nSPS) is 15.6. The van der Waals surface area contributed by atoms with Gasteiger partial charge in [-0.25, -0.2) is 8.42 Å². The molecule has 0 spiro atoms. The van der Waals surface area contributed by atoms with Crippen molar-refractivity contribution in [3.8, 4) is 0 Å². The summed E-state index contributed by atoms with van der Waals surface area (Å²) >= 11 is 0. The van der Waals surface area contributed by atoms with Crippen LogP contribution in [0.5, 0.6) is 0 Å². The molecule has 0 fully saturated rings. The number of hydrogen-bond acceptors (Lipinski definition) is 4. The number of nitrogens with zero attached hydrogens (tertiary/aromatic N) is 1. The van der Waals surface area contributed by atoms with Crippen LogP contribution in [0.15, 0.2) is 30.3 Å². The fraction of sp³-hybridized carbons (Fsp3) is 0.364. The molecule has 1 atom stereocenters. The monoisotopic (exact) mass is 429 g/mol. The first-order valence-electron chi connectivity index (χ1n) is 9.75. The second-order valence-corrected chi connectivity index (χ2v) is 9.82. The number of sulfonamides is 1. The van der Waals surface area contributed by atoms with Crippen molar-refractivity contribution in [2.24, 2.45) is 0 Å². The minimum atomic E-state index is -3.38. The van der Waals surface area contributed by atoms with Gasteiger partial charge in [0.1, 0.15) is 0 Å². The molecule has 2 amide bonds. The van der Waals surface area contributed by atoms with Gasteiger partial charge in [-0.2, -0.15) is 0 Å². The predicted octanol–water partition coefficient (Wildman–Crippen LogP) is 2.69. The molecule has 0 aromatic heterocycles. The lowest BCUT2D eigenvalue weighted by molar-refractivity contribution is -0.115. The standard InChI is InChI=1S/C22H27N3O4S/c1-13-8-14(2)21(15(3)9-13)24-20(26)12-23-22(27)17-6-7-19-18(11-17)10-16(4)25(19)30(5,28)29/h6-9,11,16H,10,12H2,1-5H3,(H,23,27)(H,24,26)/t16-/m0/s1. The van der Waals surface area contributed by atoms with Crippen molar-refractivity contribution in [2.45, 2.75) is 40.2 Å². The molecule has 0 saturated heterocycles. The van der Waals surface area contributed by atoms with E-state index in [9.17, 15) is 18.0 Å². The van der Waals surface area contributed by atoms with Gasteiger partial charge in [0.25, 0.3) is 5.91 Å². The van der Waals surface area contributed by atoms with E-state index >= 15 is 0 Å². The Hall–Kier alpha value is -2.87. The maximum absolute atomic E-state index is 12.5. The van der Waals surface area contributed by atoms with Gasteiger partial charge in [-0.1, -0.05) is 17.7 Å². The number of hydrogen-bond donors (Lipinski definition) is 2. The number of carbonyl (C=O) groups excluding carboxylic acids is 2. The van der Waals surface area contributed by atoms with Crippen molar-refractivity contribution in [3.63, 3.8) is 0 Å². The van der Waals surface area contributed by atoms with Gasteiger partial charge in [-0.05, 0) is 69.0 Å². The summed E-state index contributed by atoms with van der Waals surface area (Å²) in [4.78, 5) is 24.8. The zero-order chi connectivity index (χ0) is 22.2. The van der Waals surface area contributed by atoms with E-state index in [0.29, 0.717) is 17.7 Å². The summed E-state index contributed by atoms with van der Waals surface area (Å²) in [6, 6.07) is 8.71. The van der Waals surface area contributed by atoms with E-state index in [1.807, 2.05) is 39.8 Å². The van der Waals surface area contributed by atoms with Gasteiger partial charge < -0.3 is 10.6 Å². The number of anilines is 2. The third-order valence-electron chi connectivity index (χ3n) is 5.20. The van der Waals surface area contributed by atoms with Crippen LogP contribution in [0.2, 0.25) is 0 Å². The minimum absolute atomic E-state index is 0.158. The van der Waals surface area contributed by atoms with Crippen LogP contribution in [0, 0.1) is 20.8 Å². The van der Waals surface area contributed by atoms with Crippen molar-refractivity contribution in [1.82, 2.24) is 5.32 Å². The number of benzene rings is 2. The third-order valence-corrected chi connectivity index (χ3v) is 6.47. The molecule has 2 aromatic rings. The Balaban J connectivity index is 1.66. The lowest BCUT2D eigenvalue weighted by atomic mass is 10.1. The molecule has 0 bridgehead atoms. The molecule has 2 N–H and O–H groups in total. The lowest BCUT2D eigenvalue weighted by Crippen LogP contribution is -2.34. The van der Waals surface area contributed by atoms with Crippen LogP contribution in [-0.2, 0) is 21.2 Å². The molecular weight excluding hydrogens is 402 g/mol. The molecular formula is C22H27N3O4S. The van der Waals surface area contributed by atoms with Gasteiger partial charge >= 0.3 is 0 Å². The number of carbonyl (C=O) groups is 2. The molecule has 7 nitrogen and oxygen atoms in total. The zero-order valence-electron chi connectivity index (χ0n) is 17.9. The van der Waals surface area contributed by atoms with Crippen LogP contribution in [0.3, 0.4) is 0 Å². The van der Waals surface area contributed by atoms with Crippen molar-refractivity contribution >= 4 is 33.2 Å². The molecule has 160 valence electrons. The maximum Gasteiger partial charge on any atom is 0.251 e. The average Bonchev–Trinajstić information content (AvgIpc) is 2.97. The number of fused-ring (bicyclic) bond motifs is 1. The topological polar surface area (TPSA) is 95.6 Å². The Bertz CT molecular complexity index is 1100. The summed E-state index contributed by atoms with van der Waals surface area (Å²) in [5, 5.41) is 5.49. The summed E-state index contributed by atoms with van der Waals surface area (Å²) in [5.41, 5.74) is 5.61. The maximum atomic E-state index is 12.5. The van der Waals surface area contributed by atoms with Gasteiger partial charge in [0, 0.05) is 17.3 Å². The highest BCUT2D eigenvalue weighted by atomic mass is 32.2.